The van der Waals surface area contributed by atoms with Crippen LogP contribution >= 0.6 is 0 Å². The average Bonchev–Trinajstić information content (AvgIpc) is 3.16. The molecule has 1 saturated heterocycles. The van der Waals surface area contributed by atoms with Crippen LogP contribution in [0.4, 0.5) is 20.2 Å². The molecule has 2 aromatic rings. The zero-order valence-electron chi connectivity index (χ0n) is 18.6. The standard InChI is InChI=1S/C23H24F2N2O6/c1-12-5-6-14(9-13(12)2)27-8-7-15(21(27)29)20(28)26-17-11-19(33-23(24)25)18(31-3)10-16(17)22(30)32-4/h5-6,9-11,15,23H,7-8H2,1-4H3,(H,26,28). The Hall–Kier alpha value is -3.69. The highest BCUT2D eigenvalue weighted by molar-refractivity contribution is 6.14. The van der Waals surface area contributed by atoms with Gasteiger partial charge in [0.1, 0.15) is 5.92 Å². The van der Waals surface area contributed by atoms with Gasteiger partial charge in [0.15, 0.2) is 11.5 Å². The number of nitrogens with one attached hydrogen (secondary N) is 1. The van der Waals surface area contributed by atoms with Crippen LogP contribution in [0.15, 0.2) is 30.3 Å². The summed E-state index contributed by atoms with van der Waals surface area (Å²) in [5.41, 5.74) is 2.50. The van der Waals surface area contributed by atoms with Crippen LogP contribution in [0.2, 0.25) is 0 Å². The summed E-state index contributed by atoms with van der Waals surface area (Å²) >= 11 is 0. The molecule has 0 saturated carbocycles. The quantitative estimate of drug-likeness (QED) is 0.498. The number of aryl methyl sites for hydroxylation is 2. The number of benzene rings is 2. The summed E-state index contributed by atoms with van der Waals surface area (Å²) < 4.78 is 39.8. The SMILES string of the molecule is COC(=O)c1cc(OC)c(OC(F)F)cc1NC(=O)C1CCN(c2ccc(C)c(C)c2)C1=O. The lowest BCUT2D eigenvalue weighted by molar-refractivity contribution is -0.129. The molecule has 1 heterocycles. The van der Waals surface area contributed by atoms with Crippen molar-refractivity contribution in [1.82, 2.24) is 0 Å². The molecule has 33 heavy (non-hydrogen) atoms. The van der Waals surface area contributed by atoms with E-state index < -0.39 is 30.3 Å². The molecular weight excluding hydrogens is 438 g/mol. The van der Waals surface area contributed by atoms with Gasteiger partial charge >= 0.3 is 12.6 Å². The van der Waals surface area contributed by atoms with Crippen LogP contribution < -0.4 is 19.7 Å². The lowest BCUT2D eigenvalue weighted by Crippen LogP contribution is -2.33. The number of hydrogen-bond acceptors (Lipinski definition) is 6. The van der Waals surface area contributed by atoms with Gasteiger partial charge < -0.3 is 24.4 Å². The predicted octanol–water partition coefficient (Wildman–Crippen LogP) is 3.69. The van der Waals surface area contributed by atoms with Crippen LogP contribution in [0.5, 0.6) is 11.5 Å². The first-order valence-electron chi connectivity index (χ1n) is 10.1. The van der Waals surface area contributed by atoms with Gasteiger partial charge in [-0.05, 0) is 43.5 Å². The molecule has 0 radical (unpaired) electrons. The maximum absolute atomic E-state index is 13.0. The van der Waals surface area contributed by atoms with Crippen molar-refractivity contribution < 1.29 is 37.4 Å². The first-order chi connectivity index (χ1) is 15.7. The number of hydrogen-bond donors (Lipinski definition) is 1. The molecule has 176 valence electrons. The molecule has 0 aliphatic carbocycles. The van der Waals surface area contributed by atoms with Crippen molar-refractivity contribution >= 4 is 29.2 Å². The number of carbonyl (C=O) groups excluding carboxylic acids is 3. The number of carbonyl (C=O) groups is 3. The number of esters is 1. The number of rotatable bonds is 7. The summed E-state index contributed by atoms with van der Waals surface area (Å²) in [5, 5.41) is 2.49. The van der Waals surface area contributed by atoms with E-state index in [9.17, 15) is 23.2 Å². The molecule has 0 aromatic heterocycles. The van der Waals surface area contributed by atoms with E-state index in [-0.39, 0.29) is 29.2 Å². The zero-order valence-corrected chi connectivity index (χ0v) is 18.6. The van der Waals surface area contributed by atoms with Gasteiger partial charge in [0.25, 0.3) is 0 Å². The Bertz CT molecular complexity index is 1090. The Morgan fingerprint density at radius 1 is 1.09 bits per heavy atom. The molecule has 3 rings (SSSR count). The highest BCUT2D eigenvalue weighted by Crippen LogP contribution is 2.36. The number of methoxy groups -OCH3 is 2. The van der Waals surface area contributed by atoms with Crippen molar-refractivity contribution in [2.24, 2.45) is 5.92 Å². The number of halogens is 2. The maximum atomic E-state index is 13.0. The maximum Gasteiger partial charge on any atom is 0.387 e. The lowest BCUT2D eigenvalue weighted by Gasteiger charge is -2.19. The smallest absolute Gasteiger partial charge is 0.387 e. The fraction of sp³-hybridized carbons (Fsp3) is 0.348. The number of anilines is 2. The molecule has 0 bridgehead atoms. The number of alkyl halides is 2. The third-order valence-electron chi connectivity index (χ3n) is 5.51. The third kappa shape index (κ3) is 5.05. The van der Waals surface area contributed by atoms with Gasteiger partial charge in [-0.3, -0.25) is 9.59 Å². The van der Waals surface area contributed by atoms with Crippen LogP contribution in [0.1, 0.15) is 27.9 Å². The van der Waals surface area contributed by atoms with Gasteiger partial charge in [-0.2, -0.15) is 8.78 Å². The normalized spacial score (nSPS) is 15.5. The largest absolute Gasteiger partial charge is 0.493 e. The van der Waals surface area contributed by atoms with Crippen molar-refractivity contribution in [1.29, 1.82) is 0 Å². The number of amides is 2. The van der Waals surface area contributed by atoms with E-state index in [4.69, 9.17) is 9.47 Å². The Morgan fingerprint density at radius 2 is 1.82 bits per heavy atom. The van der Waals surface area contributed by atoms with E-state index in [1.165, 1.54) is 12.0 Å². The van der Waals surface area contributed by atoms with Gasteiger partial charge in [-0.25, -0.2) is 4.79 Å². The molecular formula is C23H24F2N2O6. The van der Waals surface area contributed by atoms with Crippen LogP contribution in [-0.2, 0) is 14.3 Å². The Morgan fingerprint density at radius 3 is 2.42 bits per heavy atom. The topological polar surface area (TPSA) is 94.2 Å². The summed E-state index contributed by atoms with van der Waals surface area (Å²) in [6.45, 7) is 1.07. The zero-order chi connectivity index (χ0) is 24.3. The van der Waals surface area contributed by atoms with Gasteiger partial charge in [0.05, 0.1) is 25.5 Å². The van der Waals surface area contributed by atoms with Gasteiger partial charge in [-0.1, -0.05) is 6.07 Å². The minimum absolute atomic E-state index is 0.138. The molecule has 2 aromatic carbocycles. The van der Waals surface area contributed by atoms with Crippen molar-refractivity contribution in [3.8, 4) is 11.5 Å². The molecule has 1 aliphatic heterocycles. The third-order valence-corrected chi connectivity index (χ3v) is 5.51. The van der Waals surface area contributed by atoms with Crippen molar-refractivity contribution in [3.63, 3.8) is 0 Å². The van der Waals surface area contributed by atoms with E-state index in [1.54, 1.807) is 0 Å². The van der Waals surface area contributed by atoms with Crippen LogP contribution in [-0.4, -0.2) is 45.2 Å². The molecule has 0 spiro atoms. The summed E-state index contributed by atoms with van der Waals surface area (Å²) in [5.74, 6) is -3.45. The second-order valence-corrected chi connectivity index (χ2v) is 7.51. The lowest BCUT2D eigenvalue weighted by atomic mass is 10.1. The minimum atomic E-state index is -3.16. The van der Waals surface area contributed by atoms with Crippen molar-refractivity contribution in [2.45, 2.75) is 26.9 Å². The van der Waals surface area contributed by atoms with Crippen LogP contribution in [0, 0.1) is 19.8 Å². The van der Waals surface area contributed by atoms with E-state index in [1.807, 2.05) is 32.0 Å². The Kier molecular flexibility index (Phi) is 7.15. The molecule has 1 N–H and O–H groups in total. The van der Waals surface area contributed by atoms with E-state index in [2.05, 4.69) is 10.1 Å². The summed E-state index contributed by atoms with van der Waals surface area (Å²) in [7, 11) is 2.34. The number of ether oxygens (including phenoxy) is 3. The van der Waals surface area contributed by atoms with Crippen molar-refractivity contribution in [2.75, 3.05) is 31.0 Å². The summed E-state index contributed by atoms with van der Waals surface area (Å²) in [6, 6.07) is 7.75. The Labute approximate surface area is 189 Å². The predicted molar refractivity (Wildman–Crippen MR) is 116 cm³/mol. The fourth-order valence-electron chi connectivity index (χ4n) is 3.58. The first-order valence-corrected chi connectivity index (χ1v) is 10.1. The second kappa shape index (κ2) is 9.85. The van der Waals surface area contributed by atoms with Gasteiger partial charge in [-0.15, -0.1) is 0 Å². The molecule has 1 aliphatic rings. The molecule has 1 unspecified atom stereocenters. The monoisotopic (exact) mass is 462 g/mol. The average molecular weight is 462 g/mol. The molecule has 1 fully saturated rings. The molecule has 8 nitrogen and oxygen atoms in total. The molecule has 10 heteroatoms. The van der Waals surface area contributed by atoms with Gasteiger partial charge in [0.2, 0.25) is 11.8 Å². The van der Waals surface area contributed by atoms with Gasteiger partial charge in [0, 0.05) is 24.4 Å². The van der Waals surface area contributed by atoms with E-state index in [0.29, 0.717) is 12.2 Å². The molecule has 1 atom stereocenters. The highest BCUT2D eigenvalue weighted by Gasteiger charge is 2.38. The highest BCUT2D eigenvalue weighted by atomic mass is 19.3. The van der Waals surface area contributed by atoms with E-state index >= 15 is 0 Å². The fourth-order valence-corrected chi connectivity index (χ4v) is 3.58. The minimum Gasteiger partial charge on any atom is -0.493 e. The Balaban J connectivity index is 1.87. The summed E-state index contributed by atoms with van der Waals surface area (Å²) in [6.07, 6.45) is 0.252. The van der Waals surface area contributed by atoms with Crippen LogP contribution in [0.25, 0.3) is 0 Å². The first kappa shape index (κ1) is 24.0. The second-order valence-electron chi connectivity index (χ2n) is 7.51. The molecule has 2 amide bonds. The summed E-state index contributed by atoms with van der Waals surface area (Å²) in [4.78, 5) is 39.6. The van der Waals surface area contributed by atoms with E-state index in [0.717, 1.165) is 30.4 Å². The van der Waals surface area contributed by atoms with Crippen LogP contribution in [0.3, 0.4) is 0 Å². The van der Waals surface area contributed by atoms with Crippen molar-refractivity contribution in [3.05, 3.63) is 47.0 Å². The number of nitrogens with zero attached hydrogens (tertiary/aromatic N) is 1.